The normalized spacial score (nSPS) is 12.4. The zero-order valence-electron chi connectivity index (χ0n) is 6.60. The summed E-state index contributed by atoms with van der Waals surface area (Å²) in [5.74, 6) is 0. The van der Waals surface area contributed by atoms with Gasteiger partial charge in [0.2, 0.25) is 0 Å². The van der Waals surface area contributed by atoms with Crippen LogP contribution in [-0.4, -0.2) is 21.2 Å². The van der Waals surface area contributed by atoms with E-state index < -0.39 is 0 Å². The molecule has 0 aliphatic rings. The molecule has 0 nitrogen and oxygen atoms in total. The first-order valence-electron chi connectivity index (χ1n) is 3.27. The van der Waals surface area contributed by atoms with E-state index in [2.05, 4.69) is 27.7 Å². The Morgan fingerprint density at radius 1 is 1.00 bits per heavy atom. The van der Waals surface area contributed by atoms with Crippen LogP contribution in [0, 0.1) is 0 Å². The van der Waals surface area contributed by atoms with Crippen LogP contribution in [-0.2, 0) is 0 Å². The topological polar surface area (TPSA) is 0 Å². The van der Waals surface area contributed by atoms with Gasteiger partial charge in [0.1, 0.15) is 0 Å². The van der Waals surface area contributed by atoms with Gasteiger partial charge in [0.25, 0.3) is 0 Å². The zero-order valence-corrected chi connectivity index (χ0v) is 9.50. The van der Waals surface area contributed by atoms with Gasteiger partial charge < -0.3 is 0 Å². The van der Waals surface area contributed by atoms with Crippen molar-refractivity contribution in [3.05, 3.63) is 0 Å². The number of rotatable bonds is 2. The van der Waals surface area contributed by atoms with Crippen LogP contribution in [0.25, 0.3) is 0 Å². The summed E-state index contributed by atoms with van der Waals surface area (Å²) in [4.78, 5) is 0. The summed E-state index contributed by atoms with van der Waals surface area (Å²) in [6, 6.07) is 0. The van der Waals surface area contributed by atoms with Crippen LogP contribution >= 0.6 is 7.47 Å². The molecule has 0 heterocycles. The Labute approximate surface area is 57.1 Å². The molecular weight excluding hydrogens is 131 g/mol. The van der Waals surface area contributed by atoms with E-state index in [1.807, 2.05) is 0 Å². The lowest BCUT2D eigenvalue weighted by molar-refractivity contribution is 1.03. The molecule has 0 N–H and O–H groups in total. The van der Waals surface area contributed by atoms with Crippen LogP contribution in [0.4, 0.5) is 0 Å². The van der Waals surface area contributed by atoms with E-state index in [0.29, 0.717) is 7.47 Å². The molecule has 0 aromatic rings. The van der Waals surface area contributed by atoms with Gasteiger partial charge in [-0.25, -0.2) is 0 Å². The van der Waals surface area contributed by atoms with Gasteiger partial charge in [-0.05, 0) is 11.3 Å². The van der Waals surface area contributed by atoms with Crippen molar-refractivity contribution >= 4 is 17.4 Å². The van der Waals surface area contributed by atoms with Crippen LogP contribution in [0.1, 0.15) is 27.7 Å². The first kappa shape index (κ1) is 8.65. The maximum Gasteiger partial charge on any atom is 0.0335 e. The molecule has 2 heteroatoms. The van der Waals surface area contributed by atoms with Crippen molar-refractivity contribution in [3.63, 3.8) is 0 Å². The molecule has 0 aromatic heterocycles. The third-order valence-corrected chi connectivity index (χ3v) is 11.1. The summed E-state index contributed by atoms with van der Waals surface area (Å²) in [5.41, 5.74) is 1.94. The molecule has 0 saturated carbocycles. The Hall–Kier alpha value is 0.647. The molecule has 0 aliphatic heterocycles. The molecule has 0 bridgehead atoms. The van der Waals surface area contributed by atoms with Crippen molar-refractivity contribution < 1.29 is 0 Å². The van der Waals surface area contributed by atoms with E-state index in [4.69, 9.17) is 0 Å². The Bertz CT molecular complexity index is 53.5. The summed E-state index contributed by atoms with van der Waals surface area (Å²) in [7, 11) is 1.86. The summed E-state index contributed by atoms with van der Waals surface area (Å²) in [6.07, 6.45) is 0. The van der Waals surface area contributed by atoms with E-state index in [-0.39, 0.29) is 0 Å². The quantitative estimate of drug-likeness (QED) is 0.412. The van der Waals surface area contributed by atoms with E-state index in [9.17, 15) is 0 Å². The predicted molar refractivity (Wildman–Crippen MR) is 47.1 cm³/mol. The van der Waals surface area contributed by atoms with Crippen molar-refractivity contribution in [2.75, 3.05) is 0 Å². The van der Waals surface area contributed by atoms with E-state index >= 15 is 0 Å². The van der Waals surface area contributed by atoms with Crippen molar-refractivity contribution in [1.29, 1.82) is 0 Å². The molecule has 0 radical (unpaired) electrons. The lowest BCUT2D eigenvalue weighted by Gasteiger charge is -2.20. The lowest BCUT2D eigenvalue weighted by atomic mass is 10.5. The standard InChI is InChI=1S/C6H17PSi/c1-5(2)7(8)6(3)4/h5-6H,1-4,8H3. The van der Waals surface area contributed by atoms with Crippen LogP contribution in [0.3, 0.4) is 0 Å². The molecule has 0 spiro atoms. The van der Waals surface area contributed by atoms with Crippen LogP contribution < -0.4 is 0 Å². The minimum absolute atomic E-state index is 0.440. The lowest BCUT2D eigenvalue weighted by Crippen LogP contribution is -2.01. The van der Waals surface area contributed by atoms with Crippen molar-refractivity contribution in [3.8, 4) is 0 Å². The first-order valence-corrected chi connectivity index (χ1v) is 7.88. The van der Waals surface area contributed by atoms with Crippen LogP contribution in [0.15, 0.2) is 0 Å². The minimum atomic E-state index is 0.440. The fourth-order valence-electron chi connectivity index (χ4n) is 0.596. The molecule has 50 valence electrons. The van der Waals surface area contributed by atoms with E-state index in [0.717, 1.165) is 11.3 Å². The van der Waals surface area contributed by atoms with Gasteiger partial charge in [-0.15, -0.1) is 7.47 Å². The minimum Gasteiger partial charge on any atom is -0.124 e. The fourth-order valence-corrected chi connectivity index (χ4v) is 1.79. The third-order valence-electron chi connectivity index (χ3n) is 1.63. The number of hydrogen-bond acceptors (Lipinski definition) is 0. The highest BCUT2D eigenvalue weighted by Gasteiger charge is 2.08. The Morgan fingerprint density at radius 2 is 1.25 bits per heavy atom. The maximum absolute atomic E-state index is 2.35. The highest BCUT2D eigenvalue weighted by molar-refractivity contribution is 7.83. The molecule has 0 aromatic carbocycles. The highest BCUT2D eigenvalue weighted by Crippen LogP contribution is 2.40. The first-order chi connectivity index (χ1) is 3.55. The second-order valence-electron chi connectivity index (χ2n) is 2.85. The highest BCUT2D eigenvalue weighted by atomic mass is 31.4. The Kier molecular flexibility index (Phi) is 3.92. The van der Waals surface area contributed by atoms with Crippen LogP contribution in [0.5, 0.6) is 0 Å². The molecule has 0 amide bonds. The zero-order chi connectivity index (χ0) is 6.73. The molecule has 8 heavy (non-hydrogen) atoms. The molecule has 0 aliphatic carbocycles. The van der Waals surface area contributed by atoms with E-state index in [1.165, 1.54) is 9.91 Å². The predicted octanol–water partition coefficient (Wildman–Crippen LogP) is 1.57. The van der Waals surface area contributed by atoms with Crippen molar-refractivity contribution in [1.82, 2.24) is 0 Å². The largest absolute Gasteiger partial charge is 0.124 e. The van der Waals surface area contributed by atoms with Crippen molar-refractivity contribution in [2.45, 2.75) is 39.0 Å². The Balaban J connectivity index is 3.46. The Morgan fingerprint density at radius 3 is 1.25 bits per heavy atom. The smallest absolute Gasteiger partial charge is 0.0335 e. The summed E-state index contributed by atoms with van der Waals surface area (Å²) >= 11 is 0. The van der Waals surface area contributed by atoms with Gasteiger partial charge in [0, 0.05) is 9.91 Å². The summed E-state index contributed by atoms with van der Waals surface area (Å²) < 4.78 is 0. The monoisotopic (exact) mass is 148 g/mol. The van der Waals surface area contributed by atoms with Gasteiger partial charge in [-0.1, -0.05) is 27.7 Å². The van der Waals surface area contributed by atoms with Gasteiger partial charge in [0.05, 0.1) is 0 Å². The van der Waals surface area contributed by atoms with Crippen molar-refractivity contribution in [2.24, 2.45) is 0 Å². The van der Waals surface area contributed by atoms with Gasteiger partial charge in [0.15, 0.2) is 0 Å². The van der Waals surface area contributed by atoms with Gasteiger partial charge in [-0.3, -0.25) is 0 Å². The number of hydrogen-bond donors (Lipinski definition) is 0. The third kappa shape index (κ3) is 2.83. The molecule has 0 unspecified atom stereocenters. The average molecular weight is 148 g/mol. The van der Waals surface area contributed by atoms with Gasteiger partial charge >= 0.3 is 0 Å². The second-order valence-corrected chi connectivity index (χ2v) is 9.35. The fraction of sp³-hybridized carbons (Fsp3) is 1.00. The molecule has 0 atom stereocenters. The summed E-state index contributed by atoms with van der Waals surface area (Å²) in [6.45, 7) is 9.38. The second kappa shape index (κ2) is 3.63. The molecule has 0 saturated heterocycles. The van der Waals surface area contributed by atoms with Gasteiger partial charge in [-0.2, -0.15) is 0 Å². The average Bonchev–Trinajstić information content (AvgIpc) is 1.64. The van der Waals surface area contributed by atoms with Crippen LogP contribution in [0.2, 0.25) is 0 Å². The molecular formula is C6H17PSi. The maximum atomic E-state index is 2.35. The molecule has 0 rings (SSSR count). The van der Waals surface area contributed by atoms with E-state index in [1.54, 1.807) is 0 Å². The SMILES string of the molecule is CC(C)P([SiH3])C(C)C. The molecule has 0 fully saturated rings. The summed E-state index contributed by atoms with van der Waals surface area (Å²) in [5, 5.41) is 0.